The molecule has 0 heterocycles. The lowest BCUT2D eigenvalue weighted by molar-refractivity contribution is -0.160. The quantitative estimate of drug-likeness (QED) is 0.587. The Morgan fingerprint density at radius 2 is 2.19 bits per heavy atom. The van der Waals surface area contributed by atoms with Gasteiger partial charge in [-0.25, -0.2) is 0 Å². The van der Waals surface area contributed by atoms with E-state index >= 15 is 0 Å². The van der Waals surface area contributed by atoms with Gasteiger partial charge in [0.25, 0.3) is 0 Å². The molecule has 0 aromatic carbocycles. The topological polar surface area (TPSA) is 38.3 Å². The summed E-state index contributed by atoms with van der Waals surface area (Å²) in [6.45, 7) is 2.65. The summed E-state index contributed by atoms with van der Waals surface area (Å²) in [4.78, 5) is 12.2. The maximum absolute atomic E-state index is 12.2. The molecule has 3 aliphatic rings. The average Bonchev–Trinajstić information content (AvgIpc) is 2.77. The lowest BCUT2D eigenvalue weighted by Crippen LogP contribution is -2.38. The van der Waals surface area contributed by atoms with Crippen molar-refractivity contribution in [3.05, 3.63) is 0 Å². The fourth-order valence-corrected chi connectivity index (χ4v) is 4.60. The van der Waals surface area contributed by atoms with E-state index in [1.54, 1.807) is 0 Å². The van der Waals surface area contributed by atoms with Gasteiger partial charge in [0.2, 0.25) is 0 Å². The van der Waals surface area contributed by atoms with Crippen LogP contribution in [0.3, 0.4) is 0 Å². The molecule has 3 nitrogen and oxygen atoms in total. The Labute approximate surface area is 96.9 Å². The number of carbonyl (C=O) groups is 1. The average molecular weight is 223 g/mol. The Bertz CT molecular complexity index is 326. The molecule has 1 spiro atoms. The number of fused-ring (bicyclic) bond motifs is 1. The second-order valence-electron chi connectivity index (χ2n) is 6.37. The Morgan fingerprint density at radius 1 is 1.38 bits per heavy atom. The highest BCUT2D eigenvalue weighted by Crippen LogP contribution is 2.76. The van der Waals surface area contributed by atoms with Gasteiger partial charge in [0.15, 0.2) is 0 Å². The molecule has 0 aromatic rings. The molecule has 0 aliphatic heterocycles. The first kappa shape index (κ1) is 10.6. The smallest absolute Gasteiger partial charge is 0.313 e. The van der Waals surface area contributed by atoms with Crippen LogP contribution >= 0.6 is 0 Å². The Hall–Kier alpha value is -0.570. The minimum absolute atomic E-state index is 0.0555. The minimum atomic E-state index is -0.114. The van der Waals surface area contributed by atoms with Crippen LogP contribution in [0.1, 0.15) is 39.0 Å². The van der Waals surface area contributed by atoms with Gasteiger partial charge in [0.05, 0.1) is 5.41 Å². The number of nitrogens with one attached hydrogen (secondary N) is 1. The van der Waals surface area contributed by atoms with Crippen molar-refractivity contribution in [1.29, 1.82) is 0 Å². The van der Waals surface area contributed by atoms with E-state index in [9.17, 15) is 4.79 Å². The molecule has 0 saturated heterocycles. The van der Waals surface area contributed by atoms with Gasteiger partial charge < -0.3 is 4.74 Å². The standard InChI is InChI=1S/C13H21NO2/c1-9-3-12-5-10(12)6-13(4-9,7-12)11(15)16-8-14-2/h9-10,14H,3-8H2,1-2H3. The van der Waals surface area contributed by atoms with Crippen molar-refractivity contribution < 1.29 is 9.53 Å². The monoisotopic (exact) mass is 223 g/mol. The first-order valence-electron chi connectivity index (χ1n) is 6.42. The Morgan fingerprint density at radius 3 is 2.94 bits per heavy atom. The van der Waals surface area contributed by atoms with Gasteiger partial charge in [-0.15, -0.1) is 0 Å². The molecule has 0 radical (unpaired) electrons. The third kappa shape index (κ3) is 1.33. The highest BCUT2D eigenvalue weighted by Gasteiger charge is 2.70. The third-order valence-corrected chi connectivity index (χ3v) is 4.96. The van der Waals surface area contributed by atoms with Crippen LogP contribution in [0.4, 0.5) is 0 Å². The molecular weight excluding hydrogens is 202 g/mol. The molecule has 3 aliphatic carbocycles. The van der Waals surface area contributed by atoms with Gasteiger partial charge >= 0.3 is 5.97 Å². The van der Waals surface area contributed by atoms with Crippen molar-refractivity contribution >= 4 is 5.97 Å². The molecule has 1 N–H and O–H groups in total. The third-order valence-electron chi connectivity index (χ3n) is 4.96. The summed E-state index contributed by atoms with van der Waals surface area (Å²) in [7, 11) is 1.81. The summed E-state index contributed by atoms with van der Waals surface area (Å²) in [5, 5.41) is 2.88. The van der Waals surface area contributed by atoms with Crippen LogP contribution in [0.2, 0.25) is 0 Å². The largest absolute Gasteiger partial charge is 0.449 e. The van der Waals surface area contributed by atoms with Crippen molar-refractivity contribution in [2.45, 2.75) is 39.0 Å². The van der Waals surface area contributed by atoms with Gasteiger partial charge in [-0.2, -0.15) is 0 Å². The van der Waals surface area contributed by atoms with Crippen LogP contribution in [0.5, 0.6) is 0 Å². The molecule has 4 unspecified atom stereocenters. The van der Waals surface area contributed by atoms with E-state index in [1.165, 1.54) is 12.8 Å². The van der Waals surface area contributed by atoms with Crippen LogP contribution in [0.25, 0.3) is 0 Å². The first-order valence-corrected chi connectivity index (χ1v) is 6.42. The van der Waals surface area contributed by atoms with Gasteiger partial charge in [0, 0.05) is 0 Å². The molecule has 90 valence electrons. The van der Waals surface area contributed by atoms with E-state index in [2.05, 4.69) is 12.2 Å². The summed E-state index contributed by atoms with van der Waals surface area (Å²) in [6.07, 6.45) is 5.97. The van der Waals surface area contributed by atoms with E-state index in [0.717, 1.165) is 25.2 Å². The number of rotatable bonds is 3. The van der Waals surface area contributed by atoms with Crippen LogP contribution in [-0.2, 0) is 9.53 Å². The van der Waals surface area contributed by atoms with Crippen molar-refractivity contribution in [2.24, 2.45) is 22.7 Å². The second kappa shape index (κ2) is 3.22. The summed E-state index contributed by atoms with van der Waals surface area (Å²) in [5.41, 5.74) is 0.438. The highest BCUT2D eigenvalue weighted by molar-refractivity contribution is 5.78. The van der Waals surface area contributed by atoms with Crippen molar-refractivity contribution in [2.75, 3.05) is 13.8 Å². The summed E-state index contributed by atoms with van der Waals surface area (Å²) in [5.74, 6) is 1.59. The van der Waals surface area contributed by atoms with E-state index in [4.69, 9.17) is 4.74 Å². The predicted molar refractivity (Wildman–Crippen MR) is 60.6 cm³/mol. The van der Waals surface area contributed by atoms with Crippen molar-refractivity contribution in [1.82, 2.24) is 5.32 Å². The lowest BCUT2D eigenvalue weighted by atomic mass is 9.67. The highest BCUT2D eigenvalue weighted by atomic mass is 16.5. The molecule has 3 fully saturated rings. The number of hydrogen-bond donors (Lipinski definition) is 1. The van der Waals surface area contributed by atoms with E-state index in [-0.39, 0.29) is 11.4 Å². The first-order chi connectivity index (χ1) is 7.60. The zero-order valence-electron chi connectivity index (χ0n) is 10.2. The van der Waals surface area contributed by atoms with Crippen LogP contribution in [0.15, 0.2) is 0 Å². The fourth-order valence-electron chi connectivity index (χ4n) is 4.60. The fraction of sp³-hybridized carbons (Fsp3) is 0.923. The maximum Gasteiger partial charge on any atom is 0.313 e. The van der Waals surface area contributed by atoms with Gasteiger partial charge in [-0.05, 0) is 56.4 Å². The molecule has 2 bridgehead atoms. The van der Waals surface area contributed by atoms with Crippen molar-refractivity contribution in [3.8, 4) is 0 Å². The SMILES string of the molecule is CNCOC(=O)C12CC(C)CC3(CC3C1)C2. The lowest BCUT2D eigenvalue weighted by Gasteiger charge is -2.37. The molecule has 3 rings (SSSR count). The molecule has 0 amide bonds. The summed E-state index contributed by atoms with van der Waals surface area (Å²) >= 11 is 0. The summed E-state index contributed by atoms with van der Waals surface area (Å²) < 4.78 is 5.32. The predicted octanol–water partition coefficient (Wildman–Crippen LogP) is 1.92. The molecule has 0 aromatic heterocycles. The van der Waals surface area contributed by atoms with Crippen LogP contribution in [0, 0.1) is 22.7 Å². The zero-order valence-corrected chi connectivity index (χ0v) is 10.2. The summed E-state index contributed by atoms with van der Waals surface area (Å²) in [6, 6.07) is 0. The van der Waals surface area contributed by atoms with Gasteiger partial charge in [-0.1, -0.05) is 6.92 Å². The van der Waals surface area contributed by atoms with Crippen LogP contribution in [-0.4, -0.2) is 19.7 Å². The minimum Gasteiger partial charge on any atom is -0.449 e. The zero-order chi connectivity index (χ0) is 11.4. The number of ether oxygens (including phenoxy) is 1. The molecule has 4 atom stereocenters. The van der Waals surface area contributed by atoms with E-state index in [1.807, 2.05) is 7.05 Å². The number of esters is 1. The van der Waals surface area contributed by atoms with E-state index < -0.39 is 0 Å². The molecule has 3 heteroatoms. The van der Waals surface area contributed by atoms with Gasteiger partial charge in [0.1, 0.15) is 6.73 Å². The van der Waals surface area contributed by atoms with Crippen molar-refractivity contribution in [3.63, 3.8) is 0 Å². The number of hydrogen-bond acceptors (Lipinski definition) is 3. The molecule has 16 heavy (non-hydrogen) atoms. The second-order valence-corrected chi connectivity index (χ2v) is 6.37. The normalized spacial score (nSPS) is 48.6. The Balaban J connectivity index is 1.76. The van der Waals surface area contributed by atoms with Gasteiger partial charge in [-0.3, -0.25) is 10.1 Å². The molecule has 3 saturated carbocycles. The molecular formula is C13H21NO2. The maximum atomic E-state index is 12.2. The van der Waals surface area contributed by atoms with E-state index in [0.29, 0.717) is 18.1 Å². The number of carbonyl (C=O) groups excluding carboxylic acids is 1. The van der Waals surface area contributed by atoms with Crippen LogP contribution < -0.4 is 5.32 Å². The Kier molecular flexibility index (Phi) is 2.13.